The van der Waals surface area contributed by atoms with Crippen LogP contribution in [0, 0.1) is 0 Å². The molecule has 0 spiro atoms. The van der Waals surface area contributed by atoms with Crippen molar-refractivity contribution in [2.24, 2.45) is 0 Å². The van der Waals surface area contributed by atoms with Crippen molar-refractivity contribution in [1.82, 2.24) is 9.88 Å². The van der Waals surface area contributed by atoms with Crippen LogP contribution in [0.5, 0.6) is 0 Å². The Bertz CT molecular complexity index is 664. The van der Waals surface area contributed by atoms with E-state index in [0.29, 0.717) is 10.6 Å². The molecule has 1 heterocycles. The predicted octanol–water partition coefficient (Wildman–Crippen LogP) is 2.48. The molecule has 2 rings (SSSR count). The molecule has 1 unspecified atom stereocenters. The normalized spacial score (nSPS) is 12.0. The van der Waals surface area contributed by atoms with Gasteiger partial charge < -0.3 is 14.7 Å². The summed E-state index contributed by atoms with van der Waals surface area (Å²) in [7, 11) is 3.11. The minimum absolute atomic E-state index is 0.164. The van der Waals surface area contributed by atoms with Gasteiger partial charge in [-0.3, -0.25) is 9.78 Å². The number of amides is 1. The van der Waals surface area contributed by atoms with Crippen LogP contribution in [-0.4, -0.2) is 54.3 Å². The van der Waals surface area contributed by atoms with Gasteiger partial charge >= 0.3 is 0 Å². The van der Waals surface area contributed by atoms with E-state index < -0.39 is 6.10 Å². The molecule has 1 aromatic heterocycles. The van der Waals surface area contributed by atoms with E-state index in [1.165, 1.54) is 12.0 Å². The van der Waals surface area contributed by atoms with Gasteiger partial charge in [0.2, 0.25) is 0 Å². The summed E-state index contributed by atoms with van der Waals surface area (Å²) in [5.41, 5.74) is 1.95. The lowest BCUT2D eigenvalue weighted by Crippen LogP contribution is -2.36. The molecular weight excluding hydrogens is 316 g/mol. The molecule has 0 saturated heterocycles. The van der Waals surface area contributed by atoms with E-state index in [9.17, 15) is 9.90 Å². The first-order chi connectivity index (χ1) is 11.0. The molecule has 1 aromatic carbocycles. The van der Waals surface area contributed by atoms with E-state index in [1.807, 2.05) is 24.3 Å². The lowest BCUT2D eigenvalue weighted by Gasteiger charge is -2.21. The summed E-state index contributed by atoms with van der Waals surface area (Å²) in [6.45, 7) is 0.330. The van der Waals surface area contributed by atoms with Gasteiger partial charge in [0.15, 0.2) is 0 Å². The van der Waals surface area contributed by atoms with Gasteiger partial charge in [-0.2, -0.15) is 0 Å². The van der Waals surface area contributed by atoms with Crippen LogP contribution < -0.4 is 0 Å². The average Bonchev–Trinajstić information content (AvgIpc) is 2.55. The fourth-order valence-electron chi connectivity index (χ4n) is 2.23. The van der Waals surface area contributed by atoms with E-state index in [4.69, 9.17) is 16.3 Å². The molecule has 1 atom stereocenters. The SMILES string of the molecule is COCC(O)CN(C)C(=O)c1cc(-c2ccccn2)ccc1Cl. The number of halogens is 1. The van der Waals surface area contributed by atoms with E-state index in [1.54, 1.807) is 25.4 Å². The first-order valence-electron chi connectivity index (χ1n) is 7.16. The molecule has 5 nitrogen and oxygen atoms in total. The van der Waals surface area contributed by atoms with Crippen molar-refractivity contribution in [1.29, 1.82) is 0 Å². The number of benzene rings is 1. The molecule has 1 amide bonds. The van der Waals surface area contributed by atoms with Crippen molar-refractivity contribution in [2.75, 3.05) is 27.3 Å². The number of ether oxygens (including phenoxy) is 1. The number of likely N-dealkylation sites (N-methyl/N-ethyl adjacent to an activating group) is 1. The van der Waals surface area contributed by atoms with Crippen LogP contribution in [0.1, 0.15) is 10.4 Å². The zero-order chi connectivity index (χ0) is 16.8. The number of aliphatic hydroxyl groups excluding tert-OH is 1. The fourth-order valence-corrected chi connectivity index (χ4v) is 2.43. The largest absolute Gasteiger partial charge is 0.389 e. The summed E-state index contributed by atoms with van der Waals surface area (Å²) in [6.07, 6.45) is 0.949. The highest BCUT2D eigenvalue weighted by atomic mass is 35.5. The molecule has 122 valence electrons. The Kier molecular flexibility index (Phi) is 6.10. The molecule has 0 aliphatic heterocycles. The number of nitrogens with zero attached hydrogens (tertiary/aromatic N) is 2. The summed E-state index contributed by atoms with van der Waals surface area (Å²) in [4.78, 5) is 18.3. The number of carbonyl (C=O) groups excluding carboxylic acids is 1. The van der Waals surface area contributed by atoms with Crippen LogP contribution >= 0.6 is 11.6 Å². The maximum absolute atomic E-state index is 12.6. The van der Waals surface area contributed by atoms with Crippen LogP contribution in [-0.2, 0) is 4.74 Å². The highest BCUT2D eigenvalue weighted by Gasteiger charge is 2.18. The summed E-state index contributed by atoms with van der Waals surface area (Å²) in [5.74, 6) is -0.261. The summed E-state index contributed by atoms with van der Waals surface area (Å²) < 4.78 is 4.87. The first-order valence-corrected chi connectivity index (χ1v) is 7.54. The molecule has 0 aliphatic carbocycles. The van der Waals surface area contributed by atoms with Gasteiger partial charge in [0, 0.05) is 32.5 Å². The fraction of sp³-hybridized carbons (Fsp3) is 0.294. The highest BCUT2D eigenvalue weighted by molar-refractivity contribution is 6.34. The second-order valence-electron chi connectivity index (χ2n) is 5.20. The number of hydrogen-bond donors (Lipinski definition) is 1. The van der Waals surface area contributed by atoms with E-state index in [0.717, 1.165) is 11.3 Å². The van der Waals surface area contributed by atoms with Crippen molar-refractivity contribution in [3.63, 3.8) is 0 Å². The monoisotopic (exact) mass is 334 g/mol. The zero-order valence-corrected chi connectivity index (χ0v) is 13.8. The molecule has 0 aliphatic rings. The Morgan fingerprint density at radius 3 is 2.83 bits per heavy atom. The van der Waals surface area contributed by atoms with Gasteiger partial charge in [-0.25, -0.2) is 0 Å². The molecule has 2 aromatic rings. The lowest BCUT2D eigenvalue weighted by molar-refractivity contribution is 0.0380. The first kappa shape index (κ1) is 17.4. The van der Waals surface area contributed by atoms with Gasteiger partial charge in [-0.1, -0.05) is 23.7 Å². The average molecular weight is 335 g/mol. The number of aliphatic hydroxyl groups is 1. The molecule has 0 fully saturated rings. The van der Waals surface area contributed by atoms with E-state index in [-0.39, 0.29) is 19.1 Å². The van der Waals surface area contributed by atoms with Crippen LogP contribution in [0.25, 0.3) is 11.3 Å². The van der Waals surface area contributed by atoms with Gasteiger partial charge in [0.1, 0.15) is 0 Å². The predicted molar refractivity (Wildman–Crippen MR) is 89.5 cm³/mol. The molecule has 0 saturated carbocycles. The molecule has 23 heavy (non-hydrogen) atoms. The van der Waals surface area contributed by atoms with Crippen LogP contribution in [0.15, 0.2) is 42.6 Å². The van der Waals surface area contributed by atoms with E-state index in [2.05, 4.69) is 4.98 Å². The number of methoxy groups -OCH3 is 1. The third-order valence-corrected chi connectivity index (χ3v) is 3.68. The number of rotatable bonds is 6. The number of carbonyl (C=O) groups is 1. The van der Waals surface area contributed by atoms with Gasteiger partial charge in [-0.05, 0) is 24.3 Å². The van der Waals surface area contributed by atoms with Gasteiger partial charge in [-0.15, -0.1) is 0 Å². The smallest absolute Gasteiger partial charge is 0.255 e. The Balaban J connectivity index is 2.23. The molecular formula is C17H19ClN2O3. The maximum atomic E-state index is 12.6. The van der Waals surface area contributed by atoms with E-state index >= 15 is 0 Å². The number of aromatic nitrogens is 1. The Labute approximate surface area is 140 Å². The minimum atomic E-state index is -0.744. The van der Waals surface area contributed by atoms with Crippen molar-refractivity contribution >= 4 is 17.5 Å². The van der Waals surface area contributed by atoms with Crippen molar-refractivity contribution in [3.8, 4) is 11.3 Å². The third-order valence-electron chi connectivity index (χ3n) is 3.35. The maximum Gasteiger partial charge on any atom is 0.255 e. The Morgan fingerprint density at radius 1 is 1.39 bits per heavy atom. The molecule has 0 bridgehead atoms. The third kappa shape index (κ3) is 4.51. The minimum Gasteiger partial charge on any atom is -0.389 e. The molecule has 6 heteroatoms. The lowest BCUT2D eigenvalue weighted by atomic mass is 10.1. The van der Waals surface area contributed by atoms with Crippen molar-refractivity contribution in [2.45, 2.75) is 6.10 Å². The Hall–Kier alpha value is -1.95. The summed E-state index contributed by atoms with van der Waals surface area (Å²) >= 11 is 6.17. The summed E-state index contributed by atoms with van der Waals surface area (Å²) in [5, 5.41) is 10.1. The van der Waals surface area contributed by atoms with Crippen molar-refractivity contribution in [3.05, 3.63) is 53.2 Å². The topological polar surface area (TPSA) is 62.7 Å². The van der Waals surface area contributed by atoms with Crippen molar-refractivity contribution < 1.29 is 14.6 Å². The molecule has 1 N–H and O–H groups in total. The second-order valence-corrected chi connectivity index (χ2v) is 5.61. The van der Waals surface area contributed by atoms with Crippen LogP contribution in [0.4, 0.5) is 0 Å². The van der Waals surface area contributed by atoms with Gasteiger partial charge in [0.05, 0.1) is 29.0 Å². The van der Waals surface area contributed by atoms with Crippen LogP contribution in [0.2, 0.25) is 5.02 Å². The standard InChI is InChI=1S/C17H19ClN2O3/c1-20(10-13(21)11-23-2)17(22)14-9-12(6-7-15(14)18)16-5-3-4-8-19-16/h3-9,13,21H,10-11H2,1-2H3. The van der Waals surface area contributed by atoms with Crippen LogP contribution in [0.3, 0.4) is 0 Å². The quantitative estimate of drug-likeness (QED) is 0.881. The van der Waals surface area contributed by atoms with Gasteiger partial charge in [0.25, 0.3) is 5.91 Å². The number of hydrogen-bond acceptors (Lipinski definition) is 4. The zero-order valence-electron chi connectivity index (χ0n) is 13.1. The summed E-state index contributed by atoms with van der Waals surface area (Å²) in [6, 6.07) is 10.8. The second kappa shape index (κ2) is 8.06. The Morgan fingerprint density at radius 2 is 2.17 bits per heavy atom. The molecule has 0 radical (unpaired) electrons. The highest BCUT2D eigenvalue weighted by Crippen LogP contribution is 2.24. The number of pyridine rings is 1.